The van der Waals surface area contributed by atoms with Crippen molar-refractivity contribution >= 4 is 11.1 Å². The van der Waals surface area contributed by atoms with Gasteiger partial charge in [-0.15, -0.1) is 0 Å². The fourth-order valence-electron chi connectivity index (χ4n) is 9.93. The number of rotatable bonds is 19. The molecule has 6 nitrogen and oxygen atoms in total. The quantitative estimate of drug-likeness (QED) is 0.0789. The van der Waals surface area contributed by atoms with Crippen molar-refractivity contribution in [2.75, 3.05) is 40.3 Å². The van der Waals surface area contributed by atoms with Gasteiger partial charge in [-0.05, 0) is 151 Å². The Labute approximate surface area is 439 Å². The van der Waals surface area contributed by atoms with Crippen LogP contribution in [-0.2, 0) is 24.0 Å². The van der Waals surface area contributed by atoms with Gasteiger partial charge in [-0.3, -0.25) is 0 Å². The zero-order valence-electron chi connectivity index (χ0n) is 45.4. The molecule has 2 aliphatic heterocycles. The third kappa shape index (κ3) is 15.9. The summed E-state index contributed by atoms with van der Waals surface area (Å²) in [5, 5.41) is 21.2. The van der Waals surface area contributed by atoms with E-state index in [1.807, 2.05) is 12.1 Å². The molecule has 2 aliphatic rings. The van der Waals surface area contributed by atoms with Gasteiger partial charge < -0.3 is 29.5 Å². The molecule has 0 radical (unpaired) electrons. The molecular weight excluding hydrogens is 897 g/mol. The first-order valence-electron chi connectivity index (χ1n) is 27.1. The summed E-state index contributed by atoms with van der Waals surface area (Å²) >= 11 is 0. The van der Waals surface area contributed by atoms with Crippen molar-refractivity contribution in [2.45, 2.75) is 136 Å². The summed E-state index contributed by atoms with van der Waals surface area (Å²) < 4.78 is 12.2. The molecule has 2 atom stereocenters. The molecule has 6 aromatic carbocycles. The fraction of sp³-hybridized carbons (Fsp3) is 0.403. The summed E-state index contributed by atoms with van der Waals surface area (Å²) in [6.07, 6.45) is 13.1. The van der Waals surface area contributed by atoms with Crippen molar-refractivity contribution in [1.29, 1.82) is 0 Å². The normalized spacial score (nSPS) is 15.2. The predicted octanol–water partition coefficient (Wildman–Crippen LogP) is 15.5. The molecular formula is C67H84N2O4. The van der Waals surface area contributed by atoms with Crippen LogP contribution >= 0.6 is 0 Å². The second kappa shape index (κ2) is 26.5. The number of aliphatic hydroxyl groups is 2. The van der Waals surface area contributed by atoms with E-state index in [0.717, 1.165) is 107 Å². The lowest BCUT2D eigenvalue weighted by molar-refractivity contribution is 0.161. The summed E-state index contributed by atoms with van der Waals surface area (Å²) in [6.45, 7) is 18.7. The Bertz CT molecular complexity index is 2610. The number of ether oxygens (including phenoxy) is 2. The molecule has 0 fully saturated rings. The molecule has 2 N–H and O–H groups in total. The number of benzene rings is 6. The van der Waals surface area contributed by atoms with Crippen LogP contribution in [0.2, 0.25) is 0 Å². The van der Waals surface area contributed by atoms with Crippen LogP contribution in [0.3, 0.4) is 0 Å². The first-order chi connectivity index (χ1) is 35.2. The van der Waals surface area contributed by atoms with Crippen LogP contribution in [0.5, 0.6) is 11.5 Å². The van der Waals surface area contributed by atoms with E-state index in [-0.39, 0.29) is 23.0 Å². The molecule has 0 spiro atoms. The van der Waals surface area contributed by atoms with E-state index in [1.54, 1.807) is 0 Å². The lowest BCUT2D eigenvalue weighted by atomic mass is 9.86. The van der Waals surface area contributed by atoms with Gasteiger partial charge in [0.15, 0.2) is 0 Å². The van der Waals surface area contributed by atoms with E-state index in [0.29, 0.717) is 13.2 Å². The minimum Gasteiger partial charge on any atom is -0.488 e. The highest BCUT2D eigenvalue weighted by atomic mass is 16.5. The van der Waals surface area contributed by atoms with Crippen molar-refractivity contribution in [3.05, 3.63) is 213 Å². The maximum Gasteiger partial charge on any atom is 0.127 e. The van der Waals surface area contributed by atoms with E-state index < -0.39 is 0 Å². The molecule has 2 unspecified atom stereocenters. The zero-order valence-corrected chi connectivity index (χ0v) is 45.4. The maximum absolute atomic E-state index is 10.6. The SMILES string of the molecule is CN(CCC=C1c2ccccc2COc2ccccc21)CCCCC(O)c1ccc(C(C)(C)C)cc1.CN(CCC=C1c2ccccc2COc2ccccc21)CCCCCC(O)c1ccc(C(C)(C)C)cc1. The monoisotopic (exact) mass is 981 g/mol. The van der Waals surface area contributed by atoms with Gasteiger partial charge in [0.1, 0.15) is 24.7 Å². The van der Waals surface area contributed by atoms with E-state index in [9.17, 15) is 10.2 Å². The molecule has 73 heavy (non-hydrogen) atoms. The number of para-hydroxylation sites is 2. The number of unbranched alkanes of at least 4 members (excludes halogenated alkanes) is 3. The first kappa shape index (κ1) is 55.0. The van der Waals surface area contributed by atoms with Gasteiger partial charge in [0.25, 0.3) is 0 Å². The van der Waals surface area contributed by atoms with Crippen LogP contribution in [0.1, 0.15) is 167 Å². The van der Waals surface area contributed by atoms with Gasteiger partial charge in [-0.2, -0.15) is 0 Å². The van der Waals surface area contributed by atoms with Crippen molar-refractivity contribution in [2.24, 2.45) is 0 Å². The van der Waals surface area contributed by atoms with E-state index >= 15 is 0 Å². The van der Waals surface area contributed by atoms with Crippen LogP contribution in [0.4, 0.5) is 0 Å². The Morgan fingerprint density at radius 3 is 1.21 bits per heavy atom. The standard InChI is InChI=1S/C34H43NO2.C33H41NO2/c1-34(2,3)28-21-19-26(20-22-28)32(36)17-6-5-11-23-35(4)24-12-16-30-29-14-8-7-13-27(29)25-37-33-18-10-9-15-31(30)33;1-33(2,3)27-20-18-25(19-21-27)31(35)16-9-10-22-34(4)23-11-15-29-28-13-6-5-12-26(28)24-36-32-17-8-7-14-30(29)32/h7-10,13-16,18-22,32,36H,5-6,11-12,17,23-25H2,1-4H3;5-8,12-15,17-21,31,35H,9-11,16,22-24H2,1-4H3. The second-order valence-corrected chi connectivity index (χ2v) is 22.4. The topological polar surface area (TPSA) is 65.4 Å². The largest absolute Gasteiger partial charge is 0.488 e. The summed E-state index contributed by atoms with van der Waals surface area (Å²) in [5.41, 5.74) is 14.9. The van der Waals surface area contributed by atoms with Crippen LogP contribution in [0, 0.1) is 0 Å². The molecule has 386 valence electrons. The number of nitrogens with zero attached hydrogens (tertiary/aromatic N) is 2. The highest BCUT2D eigenvalue weighted by Gasteiger charge is 2.21. The third-order valence-corrected chi connectivity index (χ3v) is 14.6. The lowest BCUT2D eigenvalue weighted by Gasteiger charge is -2.20. The van der Waals surface area contributed by atoms with Gasteiger partial charge >= 0.3 is 0 Å². The summed E-state index contributed by atoms with van der Waals surface area (Å²) in [7, 11) is 4.40. The highest BCUT2D eigenvalue weighted by Crippen LogP contribution is 2.38. The second-order valence-electron chi connectivity index (χ2n) is 22.4. The molecule has 0 aromatic heterocycles. The predicted molar refractivity (Wildman–Crippen MR) is 305 cm³/mol. The fourth-order valence-corrected chi connectivity index (χ4v) is 9.93. The Balaban J connectivity index is 0.000000214. The molecule has 0 amide bonds. The minimum absolute atomic E-state index is 0.140. The van der Waals surface area contributed by atoms with Gasteiger partial charge in [0, 0.05) is 24.2 Å². The maximum atomic E-state index is 10.6. The highest BCUT2D eigenvalue weighted by molar-refractivity contribution is 5.86. The smallest absolute Gasteiger partial charge is 0.127 e. The van der Waals surface area contributed by atoms with E-state index in [2.05, 4.69) is 211 Å². The average molecular weight is 981 g/mol. The van der Waals surface area contributed by atoms with E-state index in [4.69, 9.17) is 9.47 Å². The number of aliphatic hydroxyl groups excluding tert-OH is 2. The number of fused-ring (bicyclic) bond motifs is 4. The molecule has 0 saturated carbocycles. The summed E-state index contributed by atoms with van der Waals surface area (Å²) in [6, 6.07) is 50.8. The number of hydrogen-bond donors (Lipinski definition) is 2. The Kier molecular flexibility index (Phi) is 19.9. The summed E-state index contributed by atoms with van der Waals surface area (Å²) in [5.74, 6) is 1.92. The molecule has 0 bridgehead atoms. The Hall–Kier alpha value is -5.76. The third-order valence-electron chi connectivity index (χ3n) is 14.6. The van der Waals surface area contributed by atoms with Crippen LogP contribution in [0.25, 0.3) is 11.1 Å². The molecule has 0 saturated heterocycles. The lowest BCUT2D eigenvalue weighted by Crippen LogP contribution is -2.20. The molecule has 8 rings (SSSR count). The van der Waals surface area contributed by atoms with E-state index in [1.165, 1.54) is 55.7 Å². The van der Waals surface area contributed by atoms with Gasteiger partial charge in [0.05, 0.1) is 12.2 Å². The van der Waals surface area contributed by atoms with Gasteiger partial charge in [0.2, 0.25) is 0 Å². The minimum atomic E-state index is -0.383. The molecule has 6 heteroatoms. The molecule has 0 aliphatic carbocycles. The van der Waals surface area contributed by atoms with Crippen LogP contribution < -0.4 is 9.47 Å². The molecule has 6 aromatic rings. The zero-order chi connectivity index (χ0) is 51.8. The Morgan fingerprint density at radius 1 is 0.438 bits per heavy atom. The van der Waals surface area contributed by atoms with Crippen molar-refractivity contribution in [3.63, 3.8) is 0 Å². The Morgan fingerprint density at radius 2 is 0.795 bits per heavy atom. The molecule has 2 heterocycles. The average Bonchev–Trinajstić information content (AvgIpc) is 3.65. The van der Waals surface area contributed by atoms with Crippen molar-refractivity contribution in [3.8, 4) is 11.5 Å². The van der Waals surface area contributed by atoms with Crippen molar-refractivity contribution in [1.82, 2.24) is 9.80 Å². The van der Waals surface area contributed by atoms with Gasteiger partial charge in [-0.25, -0.2) is 0 Å². The number of hydrogen-bond acceptors (Lipinski definition) is 6. The van der Waals surface area contributed by atoms with Gasteiger partial charge in [-0.1, -0.05) is 200 Å². The summed E-state index contributed by atoms with van der Waals surface area (Å²) in [4.78, 5) is 4.82. The first-order valence-corrected chi connectivity index (χ1v) is 27.1. The van der Waals surface area contributed by atoms with Crippen LogP contribution in [-0.4, -0.2) is 60.3 Å². The van der Waals surface area contributed by atoms with Crippen LogP contribution in [0.15, 0.2) is 158 Å². The van der Waals surface area contributed by atoms with Crippen molar-refractivity contribution < 1.29 is 19.7 Å².